The number of aliphatic hydroxyl groups excluding tert-OH is 1. The summed E-state index contributed by atoms with van der Waals surface area (Å²) in [5.74, 6) is 2.91. The van der Waals surface area contributed by atoms with Gasteiger partial charge in [-0.1, -0.05) is 11.6 Å². The molecule has 2 aliphatic heterocycles. The Morgan fingerprint density at radius 3 is 2.65 bits per heavy atom. The van der Waals surface area contributed by atoms with Crippen LogP contribution in [0.25, 0.3) is 0 Å². The minimum Gasteiger partial charge on any atom is -0.394 e. The summed E-state index contributed by atoms with van der Waals surface area (Å²) < 4.78 is 12.6. The number of hydrogen-bond donors (Lipinski definition) is 2. The van der Waals surface area contributed by atoms with Gasteiger partial charge in [0.05, 0.1) is 44.2 Å². The topological polar surface area (TPSA) is 91.2 Å². The molecule has 0 radical (unpaired) electrons. The number of pyridine rings is 1. The lowest BCUT2D eigenvalue weighted by Gasteiger charge is -2.59. The van der Waals surface area contributed by atoms with E-state index in [0.717, 1.165) is 79.5 Å². The molecule has 31 heavy (non-hydrogen) atoms. The number of aromatic nitrogens is 3. The molecule has 2 aliphatic carbocycles. The van der Waals surface area contributed by atoms with E-state index in [1.165, 1.54) is 0 Å². The number of anilines is 2. The maximum atomic E-state index is 12.6. The van der Waals surface area contributed by atoms with Gasteiger partial charge in [-0.05, 0) is 32.1 Å². The molecule has 0 amide bonds. The lowest BCUT2D eigenvalue weighted by molar-refractivity contribution is 0.0589. The number of nitrogens with zero attached hydrogens (tertiary/aromatic N) is 4. The van der Waals surface area contributed by atoms with Crippen LogP contribution in [0.3, 0.4) is 0 Å². The Morgan fingerprint density at radius 1 is 1.26 bits per heavy atom. The van der Waals surface area contributed by atoms with Crippen LogP contribution in [0.1, 0.15) is 49.5 Å². The monoisotopic (exact) mass is 459 g/mol. The average molecular weight is 460 g/mol. The summed E-state index contributed by atoms with van der Waals surface area (Å²) in [6.07, 6.45) is 9.31. The van der Waals surface area contributed by atoms with Gasteiger partial charge in [-0.3, -0.25) is 4.21 Å². The van der Waals surface area contributed by atoms with Crippen molar-refractivity contribution in [1.29, 1.82) is 0 Å². The second kappa shape index (κ2) is 7.12. The Balaban J connectivity index is 1.18. The van der Waals surface area contributed by atoms with E-state index < -0.39 is 10.8 Å². The van der Waals surface area contributed by atoms with Crippen molar-refractivity contribution in [2.24, 2.45) is 5.41 Å². The van der Waals surface area contributed by atoms with Gasteiger partial charge < -0.3 is 15.3 Å². The van der Waals surface area contributed by atoms with Crippen LogP contribution in [0, 0.1) is 5.41 Å². The number of hydrogen-bond acceptors (Lipinski definition) is 7. The van der Waals surface area contributed by atoms with E-state index in [-0.39, 0.29) is 12.1 Å². The molecule has 3 fully saturated rings. The molecule has 2 aromatic heterocycles. The molecule has 2 aromatic rings. The first-order valence-corrected chi connectivity index (χ1v) is 12.7. The second-order valence-corrected chi connectivity index (χ2v) is 11.7. The smallest absolute Gasteiger partial charge is 0.131 e. The van der Waals surface area contributed by atoms with E-state index in [1.807, 2.05) is 0 Å². The van der Waals surface area contributed by atoms with Gasteiger partial charge >= 0.3 is 0 Å². The summed E-state index contributed by atoms with van der Waals surface area (Å²) in [6, 6.07) is 2.06. The zero-order chi connectivity index (χ0) is 21.2. The van der Waals surface area contributed by atoms with Crippen molar-refractivity contribution in [2.75, 3.05) is 35.7 Å². The Bertz CT molecular complexity index is 1040. The van der Waals surface area contributed by atoms with Gasteiger partial charge in [0.2, 0.25) is 0 Å². The third-order valence-corrected chi connectivity index (χ3v) is 9.22. The van der Waals surface area contributed by atoms with Gasteiger partial charge in [0, 0.05) is 55.1 Å². The quantitative estimate of drug-likeness (QED) is 0.710. The molecule has 9 heteroatoms. The van der Waals surface area contributed by atoms with Crippen molar-refractivity contribution < 1.29 is 9.32 Å². The van der Waals surface area contributed by atoms with Crippen LogP contribution in [-0.4, -0.2) is 55.3 Å². The van der Waals surface area contributed by atoms with Crippen LogP contribution in [0.15, 0.2) is 23.4 Å². The molecule has 1 spiro atoms. The van der Waals surface area contributed by atoms with E-state index >= 15 is 0 Å². The Kier molecular flexibility index (Phi) is 4.56. The highest BCUT2D eigenvalue weighted by molar-refractivity contribution is 7.85. The zero-order valence-electron chi connectivity index (χ0n) is 17.3. The summed E-state index contributed by atoms with van der Waals surface area (Å²) in [7, 11) is -1.01. The maximum absolute atomic E-state index is 12.6. The van der Waals surface area contributed by atoms with E-state index in [9.17, 15) is 9.32 Å². The number of halogens is 1. The van der Waals surface area contributed by atoms with Crippen molar-refractivity contribution >= 4 is 33.9 Å². The molecule has 164 valence electrons. The van der Waals surface area contributed by atoms with E-state index in [0.29, 0.717) is 22.1 Å². The van der Waals surface area contributed by atoms with Gasteiger partial charge in [0.1, 0.15) is 11.6 Å². The average Bonchev–Trinajstić information content (AvgIpc) is 3.05. The lowest BCUT2D eigenvalue weighted by atomic mass is 9.57. The highest BCUT2D eigenvalue weighted by Crippen LogP contribution is 2.56. The minimum absolute atomic E-state index is 0.104. The van der Waals surface area contributed by atoms with Crippen LogP contribution in [0.5, 0.6) is 0 Å². The molecule has 1 atom stereocenters. The number of nitrogens with one attached hydrogen (secondary N) is 1. The summed E-state index contributed by atoms with van der Waals surface area (Å²) >= 11 is 5.91. The molecule has 0 unspecified atom stereocenters. The lowest BCUT2D eigenvalue weighted by Crippen LogP contribution is -2.62. The summed E-state index contributed by atoms with van der Waals surface area (Å²) in [4.78, 5) is 16.8. The predicted molar refractivity (Wildman–Crippen MR) is 120 cm³/mol. The fourth-order valence-electron chi connectivity index (χ4n) is 5.64. The fraction of sp³-hybridized carbons (Fsp3) is 0.591. The van der Waals surface area contributed by atoms with Crippen molar-refractivity contribution in [2.45, 2.75) is 54.9 Å². The van der Waals surface area contributed by atoms with Crippen molar-refractivity contribution in [3.8, 4) is 0 Å². The molecule has 1 saturated heterocycles. The Morgan fingerprint density at radius 2 is 2.00 bits per heavy atom. The number of aliphatic hydroxyl groups is 1. The molecule has 4 heterocycles. The van der Waals surface area contributed by atoms with Crippen molar-refractivity contribution in [3.63, 3.8) is 0 Å². The van der Waals surface area contributed by atoms with Crippen molar-refractivity contribution in [1.82, 2.24) is 15.0 Å². The summed E-state index contributed by atoms with van der Waals surface area (Å²) in [6.45, 7) is 2.07. The number of aryl methyl sites for hydroxylation is 1. The predicted octanol–water partition coefficient (Wildman–Crippen LogP) is 2.90. The van der Waals surface area contributed by atoms with Gasteiger partial charge in [0.15, 0.2) is 0 Å². The van der Waals surface area contributed by atoms with Crippen LogP contribution in [0.2, 0.25) is 5.02 Å². The zero-order valence-corrected chi connectivity index (χ0v) is 18.9. The second-order valence-electron chi connectivity index (χ2n) is 9.74. The van der Waals surface area contributed by atoms with Gasteiger partial charge in [-0.15, -0.1) is 0 Å². The van der Waals surface area contributed by atoms with Gasteiger partial charge in [0.25, 0.3) is 0 Å². The van der Waals surface area contributed by atoms with Gasteiger partial charge in [-0.2, -0.15) is 0 Å². The minimum atomic E-state index is -1.01. The van der Waals surface area contributed by atoms with Crippen LogP contribution >= 0.6 is 11.6 Å². The maximum Gasteiger partial charge on any atom is 0.131 e. The Labute approximate surface area is 189 Å². The van der Waals surface area contributed by atoms with Crippen molar-refractivity contribution in [3.05, 3.63) is 35.0 Å². The molecule has 2 N–H and O–H groups in total. The third-order valence-electron chi connectivity index (χ3n) is 7.54. The summed E-state index contributed by atoms with van der Waals surface area (Å²) in [5, 5.41) is 14.0. The van der Waals surface area contributed by atoms with Crippen LogP contribution in [-0.2, 0) is 17.2 Å². The fourth-order valence-corrected chi connectivity index (χ4v) is 7.08. The molecule has 0 bridgehead atoms. The molecule has 0 aromatic carbocycles. The van der Waals surface area contributed by atoms with E-state index in [4.69, 9.17) is 16.6 Å². The highest BCUT2D eigenvalue weighted by Gasteiger charge is 2.54. The van der Waals surface area contributed by atoms with Crippen LogP contribution < -0.4 is 10.2 Å². The number of fused-ring (bicyclic) bond motifs is 1. The van der Waals surface area contributed by atoms with E-state index in [1.54, 1.807) is 12.4 Å². The first-order valence-electron chi connectivity index (χ1n) is 11.0. The largest absolute Gasteiger partial charge is 0.394 e. The SMILES string of the molecule is O=[S@@]1CCc2nc(N3CC4(CC(c5ncc(Cl)cn5)C4)C3)cc(NC3(CO)CCC3)c21. The molecule has 4 aliphatic rings. The van der Waals surface area contributed by atoms with E-state index in [2.05, 4.69) is 26.3 Å². The van der Waals surface area contributed by atoms with Gasteiger partial charge in [-0.25, -0.2) is 15.0 Å². The standard InChI is InChI=1S/C22H26ClN5O2S/c23-15-9-24-20(25-10-15)14-7-21(8-14)11-28(12-21)18-6-17(27-22(13-29)3-1-4-22)19-16(26-18)2-5-31(19)30/h6,9-10,14,29H,1-5,7-8,11-13H2,(H,26,27)/t31-/m1/s1. The summed E-state index contributed by atoms with van der Waals surface area (Å²) in [5.41, 5.74) is 1.92. The Hall–Kier alpha value is -1.77. The molecule has 6 rings (SSSR count). The first kappa shape index (κ1) is 19.9. The number of rotatable bonds is 5. The highest BCUT2D eigenvalue weighted by atomic mass is 35.5. The normalized spacial score (nSPS) is 25.5. The molecular weight excluding hydrogens is 434 g/mol. The molecule has 2 saturated carbocycles. The van der Waals surface area contributed by atoms with Crippen LogP contribution in [0.4, 0.5) is 11.5 Å². The third kappa shape index (κ3) is 3.26. The first-order chi connectivity index (χ1) is 15.0. The molecular formula is C22H26ClN5O2S. The molecule has 7 nitrogen and oxygen atoms in total.